The van der Waals surface area contributed by atoms with Crippen molar-refractivity contribution in [1.29, 1.82) is 0 Å². The Bertz CT molecular complexity index is 213. The highest BCUT2D eigenvalue weighted by molar-refractivity contribution is 8.17. The van der Waals surface area contributed by atoms with Crippen LogP contribution < -0.4 is 0 Å². The molecule has 0 aliphatic carbocycles. The van der Waals surface area contributed by atoms with Gasteiger partial charge in [-0.05, 0) is 12.5 Å². The number of carbonyl (C=O) groups is 1. The number of carbonyl (C=O) groups excluding carboxylic acids is 1. The van der Waals surface area contributed by atoms with E-state index in [4.69, 9.17) is 9.05 Å². The molecule has 0 heterocycles. The van der Waals surface area contributed by atoms with Gasteiger partial charge in [0.1, 0.15) is 0 Å². The fourth-order valence-electron chi connectivity index (χ4n) is 0.721. The normalized spacial score (nSPS) is 14.2. The number of thioether (sulfide) groups is 2. The zero-order chi connectivity index (χ0) is 10.5. The maximum Gasteiger partial charge on any atom is 0.351 e. The van der Waals surface area contributed by atoms with Gasteiger partial charge in [0.25, 0.3) is 0 Å². The van der Waals surface area contributed by atoms with Crippen molar-refractivity contribution in [1.82, 2.24) is 0 Å². The molecule has 0 spiro atoms. The van der Waals surface area contributed by atoms with Crippen molar-refractivity contribution >= 4 is 36.2 Å². The SMILES string of the molecule is COP(=O)(OC)C(SC)C(=O)SC. The van der Waals surface area contributed by atoms with Crippen LogP contribution in [0.25, 0.3) is 0 Å². The van der Waals surface area contributed by atoms with Crippen LogP contribution in [-0.2, 0) is 18.4 Å². The molecule has 0 radical (unpaired) electrons. The van der Waals surface area contributed by atoms with E-state index in [9.17, 15) is 9.36 Å². The van der Waals surface area contributed by atoms with Crippen LogP contribution in [0, 0.1) is 0 Å². The lowest BCUT2D eigenvalue weighted by Crippen LogP contribution is -2.15. The quantitative estimate of drug-likeness (QED) is 0.690. The second-order valence-electron chi connectivity index (χ2n) is 2.02. The van der Waals surface area contributed by atoms with E-state index in [0.717, 1.165) is 11.8 Å². The lowest BCUT2D eigenvalue weighted by Gasteiger charge is -2.20. The number of rotatable bonds is 5. The van der Waals surface area contributed by atoms with Crippen LogP contribution in [0.5, 0.6) is 0 Å². The van der Waals surface area contributed by atoms with E-state index in [2.05, 4.69) is 0 Å². The molecule has 0 aromatic heterocycles. The lowest BCUT2D eigenvalue weighted by atomic mass is 10.9. The zero-order valence-electron chi connectivity index (χ0n) is 7.97. The Balaban J connectivity index is 4.73. The molecule has 0 bridgehead atoms. The van der Waals surface area contributed by atoms with Crippen molar-refractivity contribution in [3.05, 3.63) is 0 Å². The first-order valence-corrected chi connectivity index (χ1v) is 7.50. The first-order chi connectivity index (χ1) is 6.05. The van der Waals surface area contributed by atoms with Crippen LogP contribution in [0.2, 0.25) is 0 Å². The molecular formula is C6H13O4PS2. The predicted octanol–water partition coefficient (Wildman–Crippen LogP) is 2.05. The van der Waals surface area contributed by atoms with Gasteiger partial charge in [-0.3, -0.25) is 9.36 Å². The number of hydrogen-bond donors (Lipinski definition) is 0. The van der Waals surface area contributed by atoms with Gasteiger partial charge >= 0.3 is 7.60 Å². The summed E-state index contributed by atoms with van der Waals surface area (Å²) in [5, 5.41) is -0.195. The second-order valence-corrected chi connectivity index (χ2v) is 6.45. The van der Waals surface area contributed by atoms with Gasteiger partial charge in [0.2, 0.25) is 5.12 Å². The summed E-state index contributed by atoms with van der Waals surface area (Å²) in [6, 6.07) is 0. The highest BCUT2D eigenvalue weighted by Gasteiger charge is 2.38. The predicted molar refractivity (Wildman–Crippen MR) is 57.4 cm³/mol. The summed E-state index contributed by atoms with van der Waals surface area (Å²) in [6.07, 6.45) is 3.34. The number of hydrogen-bond acceptors (Lipinski definition) is 6. The molecule has 0 amide bonds. The Kier molecular flexibility index (Phi) is 6.33. The van der Waals surface area contributed by atoms with Crippen molar-refractivity contribution in [2.45, 2.75) is 4.99 Å². The Morgan fingerprint density at radius 2 is 1.77 bits per heavy atom. The molecule has 0 aromatic rings. The summed E-state index contributed by atoms with van der Waals surface area (Å²) in [4.78, 5) is 10.6. The highest BCUT2D eigenvalue weighted by Crippen LogP contribution is 2.56. The molecule has 0 saturated heterocycles. The van der Waals surface area contributed by atoms with Gasteiger partial charge in [-0.15, -0.1) is 11.8 Å². The van der Waals surface area contributed by atoms with Crippen LogP contribution >= 0.6 is 31.1 Å². The summed E-state index contributed by atoms with van der Waals surface area (Å²) in [5.74, 6) is 0. The third-order valence-corrected chi connectivity index (χ3v) is 6.28. The smallest absolute Gasteiger partial charge is 0.311 e. The van der Waals surface area contributed by atoms with Gasteiger partial charge in [0, 0.05) is 14.2 Å². The summed E-state index contributed by atoms with van der Waals surface area (Å²) in [7, 11) is -0.714. The molecule has 0 aliphatic rings. The van der Waals surface area contributed by atoms with Gasteiger partial charge in [-0.25, -0.2) is 0 Å². The fraction of sp³-hybridized carbons (Fsp3) is 0.833. The molecule has 0 aromatic carbocycles. The Hall–Kier alpha value is 0.520. The molecular weight excluding hydrogens is 231 g/mol. The van der Waals surface area contributed by atoms with Crippen molar-refractivity contribution in [3.8, 4) is 0 Å². The first kappa shape index (κ1) is 13.5. The molecule has 1 unspecified atom stereocenters. The van der Waals surface area contributed by atoms with E-state index < -0.39 is 12.6 Å². The molecule has 0 rings (SSSR count). The van der Waals surface area contributed by atoms with E-state index in [0.29, 0.717) is 0 Å². The van der Waals surface area contributed by atoms with E-state index in [1.165, 1.54) is 26.0 Å². The molecule has 0 aliphatic heterocycles. The minimum atomic E-state index is -3.27. The Morgan fingerprint density at radius 3 is 2.00 bits per heavy atom. The van der Waals surface area contributed by atoms with Gasteiger partial charge in [-0.2, -0.15) is 0 Å². The maximum atomic E-state index is 11.8. The van der Waals surface area contributed by atoms with Crippen LogP contribution in [0.15, 0.2) is 0 Å². The summed E-state index contributed by atoms with van der Waals surface area (Å²) >= 11 is 2.20. The molecule has 78 valence electrons. The Morgan fingerprint density at radius 1 is 1.31 bits per heavy atom. The average molecular weight is 244 g/mol. The van der Waals surface area contributed by atoms with Crippen LogP contribution in [0.1, 0.15) is 0 Å². The third kappa shape index (κ3) is 3.29. The minimum Gasteiger partial charge on any atom is -0.311 e. The third-order valence-electron chi connectivity index (χ3n) is 1.42. The second kappa shape index (κ2) is 6.09. The largest absolute Gasteiger partial charge is 0.351 e. The Labute approximate surface area is 86.7 Å². The van der Waals surface area contributed by atoms with E-state index in [1.54, 1.807) is 12.5 Å². The summed E-state index contributed by atoms with van der Waals surface area (Å²) in [5.41, 5.74) is 0. The highest BCUT2D eigenvalue weighted by atomic mass is 32.2. The zero-order valence-corrected chi connectivity index (χ0v) is 10.5. The van der Waals surface area contributed by atoms with E-state index in [1.807, 2.05) is 0 Å². The maximum absolute atomic E-state index is 11.8. The van der Waals surface area contributed by atoms with Gasteiger partial charge in [-0.1, -0.05) is 11.8 Å². The standard InChI is InChI=1S/C6H13O4PS2/c1-9-11(8,10-2)6(13-4)5(7)12-3/h6H,1-4H3. The van der Waals surface area contributed by atoms with Crippen molar-refractivity contribution < 1.29 is 18.4 Å². The topological polar surface area (TPSA) is 52.6 Å². The van der Waals surface area contributed by atoms with Crippen LogP contribution in [0.4, 0.5) is 0 Å². The fourth-order valence-corrected chi connectivity index (χ4v) is 4.74. The first-order valence-electron chi connectivity index (χ1n) is 3.37. The lowest BCUT2D eigenvalue weighted by molar-refractivity contribution is -0.109. The summed E-state index contributed by atoms with van der Waals surface area (Å²) < 4.78 is 21.3. The monoisotopic (exact) mass is 244 g/mol. The molecule has 4 nitrogen and oxygen atoms in total. The van der Waals surface area contributed by atoms with Gasteiger partial charge in [0.15, 0.2) is 4.99 Å². The van der Waals surface area contributed by atoms with Crippen molar-refractivity contribution in [3.63, 3.8) is 0 Å². The summed E-state index contributed by atoms with van der Waals surface area (Å²) in [6.45, 7) is 0. The average Bonchev–Trinajstić information content (AvgIpc) is 2.18. The van der Waals surface area contributed by atoms with E-state index in [-0.39, 0.29) is 5.12 Å². The molecule has 13 heavy (non-hydrogen) atoms. The minimum absolute atomic E-state index is 0.195. The van der Waals surface area contributed by atoms with E-state index >= 15 is 0 Å². The molecule has 0 saturated carbocycles. The molecule has 0 fully saturated rings. The molecule has 0 N–H and O–H groups in total. The van der Waals surface area contributed by atoms with Crippen molar-refractivity contribution in [2.24, 2.45) is 0 Å². The van der Waals surface area contributed by atoms with Crippen LogP contribution in [0.3, 0.4) is 0 Å². The molecule has 1 atom stereocenters. The van der Waals surface area contributed by atoms with Crippen LogP contribution in [-0.4, -0.2) is 36.8 Å². The van der Waals surface area contributed by atoms with Gasteiger partial charge in [0.05, 0.1) is 0 Å². The van der Waals surface area contributed by atoms with Crippen molar-refractivity contribution in [2.75, 3.05) is 26.7 Å². The van der Waals surface area contributed by atoms with Gasteiger partial charge < -0.3 is 9.05 Å². The molecule has 7 heteroatoms.